The van der Waals surface area contributed by atoms with E-state index in [0.717, 1.165) is 31.2 Å². The van der Waals surface area contributed by atoms with Gasteiger partial charge in [0.05, 0.1) is 6.61 Å². The maximum atomic E-state index is 12.0. The van der Waals surface area contributed by atoms with Crippen LogP contribution in [0.5, 0.6) is 0 Å². The van der Waals surface area contributed by atoms with Gasteiger partial charge in [0.2, 0.25) is 11.8 Å². The van der Waals surface area contributed by atoms with E-state index in [9.17, 15) is 9.59 Å². The van der Waals surface area contributed by atoms with Gasteiger partial charge < -0.3 is 15.7 Å². The van der Waals surface area contributed by atoms with Crippen molar-refractivity contribution >= 4 is 17.5 Å². The first kappa shape index (κ1) is 16.5. The largest absolute Gasteiger partial charge is 0.392 e. The molecule has 1 fully saturated rings. The Balaban J connectivity index is 1.79. The zero-order valence-corrected chi connectivity index (χ0v) is 13.0. The van der Waals surface area contributed by atoms with Gasteiger partial charge in [-0.05, 0) is 37.5 Å². The molecule has 5 nitrogen and oxygen atoms in total. The molecule has 120 valence electrons. The van der Waals surface area contributed by atoms with E-state index in [1.807, 2.05) is 6.92 Å². The zero-order valence-electron chi connectivity index (χ0n) is 13.0. The third-order valence-electron chi connectivity index (χ3n) is 4.00. The monoisotopic (exact) mass is 304 g/mol. The highest BCUT2D eigenvalue weighted by molar-refractivity contribution is 5.91. The molecule has 2 rings (SSSR count). The molecule has 0 spiro atoms. The van der Waals surface area contributed by atoms with Crippen LogP contribution in [-0.4, -0.2) is 23.0 Å². The molecule has 1 aliphatic rings. The SMILES string of the molecule is C[C@@H](CC(=O)Nc1cccc(CO)c1)NC(=O)C1CCCC1. The van der Waals surface area contributed by atoms with E-state index in [1.54, 1.807) is 24.3 Å². The molecule has 1 atom stereocenters. The predicted octanol–water partition coefficient (Wildman–Crippen LogP) is 2.20. The van der Waals surface area contributed by atoms with Crippen molar-refractivity contribution < 1.29 is 14.7 Å². The Hall–Kier alpha value is -1.88. The highest BCUT2D eigenvalue weighted by Gasteiger charge is 2.24. The minimum atomic E-state index is -0.186. The number of carbonyl (C=O) groups excluding carboxylic acids is 2. The van der Waals surface area contributed by atoms with Crippen LogP contribution in [-0.2, 0) is 16.2 Å². The zero-order chi connectivity index (χ0) is 15.9. The molecule has 1 aliphatic carbocycles. The van der Waals surface area contributed by atoms with Crippen molar-refractivity contribution in [2.24, 2.45) is 5.92 Å². The molecule has 2 amide bonds. The number of nitrogens with one attached hydrogen (secondary N) is 2. The summed E-state index contributed by atoms with van der Waals surface area (Å²) in [6.07, 6.45) is 4.39. The number of hydrogen-bond acceptors (Lipinski definition) is 3. The van der Waals surface area contributed by atoms with Crippen molar-refractivity contribution in [2.75, 3.05) is 5.32 Å². The van der Waals surface area contributed by atoms with Gasteiger partial charge in [-0.3, -0.25) is 9.59 Å². The first-order valence-electron chi connectivity index (χ1n) is 7.88. The molecule has 0 heterocycles. The van der Waals surface area contributed by atoms with E-state index in [4.69, 9.17) is 5.11 Å². The van der Waals surface area contributed by atoms with Crippen LogP contribution in [0.3, 0.4) is 0 Å². The molecule has 0 radical (unpaired) electrons. The van der Waals surface area contributed by atoms with Crippen molar-refractivity contribution in [3.05, 3.63) is 29.8 Å². The molecule has 0 unspecified atom stereocenters. The summed E-state index contributed by atoms with van der Waals surface area (Å²) in [6, 6.07) is 6.90. The van der Waals surface area contributed by atoms with Gasteiger partial charge in [-0.25, -0.2) is 0 Å². The van der Waals surface area contributed by atoms with Gasteiger partial charge in [-0.15, -0.1) is 0 Å². The molecule has 3 N–H and O–H groups in total. The van der Waals surface area contributed by atoms with Crippen LogP contribution in [0.15, 0.2) is 24.3 Å². The number of aliphatic hydroxyl groups excluding tert-OH is 1. The summed E-state index contributed by atoms with van der Waals surface area (Å²) in [5, 5.41) is 14.8. The van der Waals surface area contributed by atoms with Crippen molar-refractivity contribution in [1.82, 2.24) is 5.32 Å². The third-order valence-corrected chi connectivity index (χ3v) is 4.00. The van der Waals surface area contributed by atoms with Crippen molar-refractivity contribution in [2.45, 2.75) is 51.7 Å². The lowest BCUT2D eigenvalue weighted by atomic mass is 10.1. The van der Waals surface area contributed by atoms with E-state index >= 15 is 0 Å². The molecule has 22 heavy (non-hydrogen) atoms. The van der Waals surface area contributed by atoms with Crippen LogP contribution >= 0.6 is 0 Å². The van der Waals surface area contributed by atoms with Crippen LogP contribution in [0.4, 0.5) is 5.69 Å². The molecule has 0 bridgehead atoms. The van der Waals surface area contributed by atoms with Crippen molar-refractivity contribution in [3.8, 4) is 0 Å². The molecule has 0 aromatic heterocycles. The fourth-order valence-electron chi connectivity index (χ4n) is 2.84. The summed E-state index contributed by atoms with van der Waals surface area (Å²) < 4.78 is 0. The van der Waals surface area contributed by atoms with Gasteiger partial charge in [0.15, 0.2) is 0 Å². The van der Waals surface area contributed by atoms with E-state index in [0.29, 0.717) is 5.69 Å². The highest BCUT2D eigenvalue weighted by Crippen LogP contribution is 2.24. The maximum Gasteiger partial charge on any atom is 0.226 e. The lowest BCUT2D eigenvalue weighted by Crippen LogP contribution is -2.38. The van der Waals surface area contributed by atoms with Crippen LogP contribution in [0.2, 0.25) is 0 Å². The second kappa shape index (κ2) is 7.94. The van der Waals surface area contributed by atoms with Gasteiger partial charge in [0.25, 0.3) is 0 Å². The average Bonchev–Trinajstić information content (AvgIpc) is 3.01. The highest BCUT2D eigenvalue weighted by atomic mass is 16.3. The smallest absolute Gasteiger partial charge is 0.226 e. The molecule has 1 saturated carbocycles. The summed E-state index contributed by atoms with van der Waals surface area (Å²) in [6.45, 7) is 1.79. The molecular formula is C17H24N2O3. The Bertz CT molecular complexity index is 524. The average molecular weight is 304 g/mol. The van der Waals surface area contributed by atoms with Crippen molar-refractivity contribution in [3.63, 3.8) is 0 Å². The van der Waals surface area contributed by atoms with E-state index < -0.39 is 0 Å². The van der Waals surface area contributed by atoms with E-state index in [-0.39, 0.29) is 36.8 Å². The van der Waals surface area contributed by atoms with Gasteiger partial charge in [-0.1, -0.05) is 25.0 Å². The van der Waals surface area contributed by atoms with Crippen molar-refractivity contribution in [1.29, 1.82) is 0 Å². The number of anilines is 1. The van der Waals surface area contributed by atoms with Crippen LogP contribution in [0.1, 0.15) is 44.6 Å². The Morgan fingerprint density at radius 1 is 1.32 bits per heavy atom. The number of rotatable bonds is 6. The lowest BCUT2D eigenvalue weighted by molar-refractivity contribution is -0.125. The van der Waals surface area contributed by atoms with E-state index in [2.05, 4.69) is 10.6 Å². The third kappa shape index (κ3) is 4.84. The normalized spacial score (nSPS) is 16.3. The summed E-state index contributed by atoms with van der Waals surface area (Å²) in [5.74, 6) is 0.0427. The summed E-state index contributed by atoms with van der Waals surface area (Å²) in [4.78, 5) is 24.0. The number of hydrogen-bond donors (Lipinski definition) is 3. The minimum absolute atomic E-state index is 0.0580. The Kier molecular flexibility index (Phi) is 5.95. The number of aliphatic hydroxyl groups is 1. The first-order valence-corrected chi connectivity index (χ1v) is 7.88. The second-order valence-corrected chi connectivity index (χ2v) is 6.00. The Morgan fingerprint density at radius 2 is 2.05 bits per heavy atom. The second-order valence-electron chi connectivity index (χ2n) is 6.00. The molecule has 5 heteroatoms. The standard InChI is InChI=1S/C17H24N2O3/c1-12(18-17(22)14-6-2-3-7-14)9-16(21)19-15-8-4-5-13(10-15)11-20/h4-5,8,10,12,14,20H,2-3,6-7,9,11H2,1H3,(H,18,22)(H,19,21)/t12-/m0/s1. The fraction of sp³-hybridized carbons (Fsp3) is 0.529. The molecule has 0 saturated heterocycles. The number of benzene rings is 1. The Morgan fingerprint density at radius 3 is 2.73 bits per heavy atom. The number of amides is 2. The maximum absolute atomic E-state index is 12.0. The van der Waals surface area contributed by atoms with Crippen LogP contribution < -0.4 is 10.6 Å². The van der Waals surface area contributed by atoms with E-state index in [1.165, 1.54) is 0 Å². The fourth-order valence-corrected chi connectivity index (χ4v) is 2.84. The van der Waals surface area contributed by atoms with Gasteiger partial charge in [-0.2, -0.15) is 0 Å². The molecule has 1 aromatic rings. The van der Waals surface area contributed by atoms with Crippen LogP contribution in [0, 0.1) is 5.92 Å². The molecular weight excluding hydrogens is 280 g/mol. The first-order chi connectivity index (χ1) is 10.6. The topological polar surface area (TPSA) is 78.4 Å². The summed E-state index contributed by atoms with van der Waals surface area (Å²) >= 11 is 0. The molecule has 0 aliphatic heterocycles. The van der Waals surface area contributed by atoms with Crippen LogP contribution in [0.25, 0.3) is 0 Å². The Labute approximate surface area is 131 Å². The quantitative estimate of drug-likeness (QED) is 0.754. The number of carbonyl (C=O) groups is 2. The predicted molar refractivity (Wildman–Crippen MR) is 85.2 cm³/mol. The van der Waals surface area contributed by atoms with Gasteiger partial charge in [0.1, 0.15) is 0 Å². The summed E-state index contributed by atoms with van der Waals surface area (Å²) in [5.41, 5.74) is 1.41. The summed E-state index contributed by atoms with van der Waals surface area (Å²) in [7, 11) is 0. The minimum Gasteiger partial charge on any atom is -0.392 e. The van der Waals surface area contributed by atoms with Gasteiger partial charge >= 0.3 is 0 Å². The van der Waals surface area contributed by atoms with Gasteiger partial charge in [0, 0.05) is 24.1 Å². The molecule has 1 aromatic carbocycles. The lowest BCUT2D eigenvalue weighted by Gasteiger charge is -2.17.